The van der Waals surface area contributed by atoms with E-state index in [0.717, 1.165) is 74.8 Å². The van der Waals surface area contributed by atoms with Gasteiger partial charge in [0.1, 0.15) is 0 Å². The number of fused-ring (bicyclic) bond motifs is 1. The first-order valence-electron chi connectivity index (χ1n) is 10.6. The molecule has 1 fully saturated rings. The lowest BCUT2D eigenvalue weighted by molar-refractivity contribution is -0.118. The number of benzene rings is 2. The smallest absolute Gasteiger partial charge is 0.229 e. The summed E-state index contributed by atoms with van der Waals surface area (Å²) >= 11 is 12.7. The average molecular weight is 555 g/mol. The number of morpholine rings is 1. The minimum Gasteiger partial charge on any atom is -0.379 e. The molecule has 1 amide bonds. The normalized spacial score (nSPS) is 14.7. The molecule has 170 valence electrons. The fourth-order valence-corrected chi connectivity index (χ4v) is 6.06. The zero-order valence-corrected chi connectivity index (χ0v) is 21.6. The number of hydrogen-bond donors (Lipinski definition) is 0. The molecule has 9 heteroatoms. The Bertz CT molecular complexity index is 1040. The van der Waals surface area contributed by atoms with Gasteiger partial charge in [0.15, 0.2) is 5.13 Å². The summed E-state index contributed by atoms with van der Waals surface area (Å²) in [6, 6.07) is 13.8. The molecule has 0 N–H and O–H groups in total. The molecular formula is C23H25BrClN3O2S2. The van der Waals surface area contributed by atoms with E-state index in [1.165, 1.54) is 0 Å². The summed E-state index contributed by atoms with van der Waals surface area (Å²) in [4.78, 5) is 23.4. The Morgan fingerprint density at radius 2 is 2.00 bits per heavy atom. The standard InChI is InChI=1S/C23H25BrClN3O2S2/c24-17-2-7-20-21(16-17)32-23(26-20)28(10-1-9-27-11-13-30-14-12-27)22(29)8-15-31-19-5-3-18(25)4-6-19/h2-7,16H,1,8-15H2. The number of thiazole rings is 1. The highest BCUT2D eigenvalue weighted by Crippen LogP contribution is 2.32. The van der Waals surface area contributed by atoms with Crippen LogP contribution in [0.5, 0.6) is 0 Å². The number of rotatable bonds is 9. The van der Waals surface area contributed by atoms with Gasteiger partial charge in [0.2, 0.25) is 5.91 Å². The number of amides is 1. The summed E-state index contributed by atoms with van der Waals surface area (Å²) in [5.41, 5.74) is 0.926. The predicted octanol–water partition coefficient (Wildman–Crippen LogP) is 5.95. The first-order valence-corrected chi connectivity index (χ1v) is 13.6. The Kier molecular flexibility index (Phi) is 8.85. The molecule has 0 saturated carbocycles. The quantitative estimate of drug-likeness (QED) is 0.306. The highest BCUT2D eigenvalue weighted by molar-refractivity contribution is 9.10. The molecule has 32 heavy (non-hydrogen) atoms. The van der Waals surface area contributed by atoms with Crippen LogP contribution in [0.15, 0.2) is 51.8 Å². The second-order valence-corrected chi connectivity index (χ2v) is 11.0. The maximum atomic E-state index is 13.2. The minimum absolute atomic E-state index is 0.117. The van der Waals surface area contributed by atoms with Gasteiger partial charge in [-0.05, 0) is 48.9 Å². The predicted molar refractivity (Wildman–Crippen MR) is 138 cm³/mol. The number of carbonyl (C=O) groups is 1. The zero-order valence-electron chi connectivity index (χ0n) is 17.6. The van der Waals surface area contributed by atoms with E-state index in [9.17, 15) is 4.79 Å². The lowest BCUT2D eigenvalue weighted by Gasteiger charge is -2.27. The molecular weight excluding hydrogens is 530 g/mol. The summed E-state index contributed by atoms with van der Waals surface area (Å²) in [5.74, 6) is 0.836. The number of ether oxygens (including phenoxy) is 1. The molecule has 0 aliphatic carbocycles. The Morgan fingerprint density at radius 1 is 1.22 bits per heavy atom. The van der Waals surface area contributed by atoms with Gasteiger partial charge >= 0.3 is 0 Å². The summed E-state index contributed by atoms with van der Waals surface area (Å²) in [6.07, 6.45) is 1.38. The summed E-state index contributed by atoms with van der Waals surface area (Å²) in [5, 5.41) is 1.50. The molecule has 3 aromatic rings. The molecule has 5 nitrogen and oxygen atoms in total. The maximum Gasteiger partial charge on any atom is 0.229 e. The molecule has 0 radical (unpaired) electrons. The van der Waals surface area contributed by atoms with Gasteiger partial charge in [-0.2, -0.15) is 0 Å². The van der Waals surface area contributed by atoms with Crippen molar-refractivity contribution < 1.29 is 9.53 Å². The Hall–Kier alpha value is -1.16. The molecule has 2 heterocycles. The second-order valence-electron chi connectivity index (χ2n) is 7.51. The second kappa shape index (κ2) is 11.8. The van der Waals surface area contributed by atoms with Crippen LogP contribution in [-0.4, -0.2) is 60.9 Å². The van der Waals surface area contributed by atoms with Crippen molar-refractivity contribution in [3.63, 3.8) is 0 Å². The van der Waals surface area contributed by atoms with Gasteiger partial charge in [0.25, 0.3) is 0 Å². The van der Waals surface area contributed by atoms with Crippen molar-refractivity contribution in [1.82, 2.24) is 9.88 Å². The van der Waals surface area contributed by atoms with Crippen LogP contribution >= 0.6 is 50.6 Å². The van der Waals surface area contributed by atoms with Gasteiger partial charge in [0.05, 0.1) is 23.4 Å². The Morgan fingerprint density at radius 3 is 2.78 bits per heavy atom. The topological polar surface area (TPSA) is 45.7 Å². The molecule has 0 unspecified atom stereocenters. The monoisotopic (exact) mass is 553 g/mol. The van der Waals surface area contributed by atoms with Crippen LogP contribution in [0.1, 0.15) is 12.8 Å². The minimum atomic E-state index is 0.117. The van der Waals surface area contributed by atoms with E-state index < -0.39 is 0 Å². The highest BCUT2D eigenvalue weighted by atomic mass is 79.9. The molecule has 1 aliphatic rings. The summed E-state index contributed by atoms with van der Waals surface area (Å²) in [6.45, 7) is 5.13. The lowest BCUT2D eigenvalue weighted by atomic mass is 10.3. The Balaban J connectivity index is 1.41. The van der Waals surface area contributed by atoms with Crippen LogP contribution in [0.2, 0.25) is 5.02 Å². The summed E-state index contributed by atoms with van der Waals surface area (Å²) < 4.78 is 7.54. The molecule has 1 saturated heterocycles. The lowest BCUT2D eigenvalue weighted by Crippen LogP contribution is -2.39. The van der Waals surface area contributed by atoms with Gasteiger partial charge in [0, 0.05) is 52.7 Å². The first kappa shape index (κ1) is 24.0. The van der Waals surface area contributed by atoms with E-state index in [1.54, 1.807) is 23.1 Å². The molecule has 0 atom stereocenters. The molecule has 0 spiro atoms. The third kappa shape index (κ3) is 6.68. The fourth-order valence-electron chi connectivity index (χ4n) is 3.53. The number of aromatic nitrogens is 1. The van der Waals surface area contributed by atoms with Gasteiger partial charge in [-0.3, -0.25) is 14.6 Å². The van der Waals surface area contributed by atoms with E-state index in [-0.39, 0.29) is 5.91 Å². The van der Waals surface area contributed by atoms with Crippen LogP contribution in [0, 0.1) is 0 Å². The highest BCUT2D eigenvalue weighted by Gasteiger charge is 2.20. The van der Waals surface area contributed by atoms with Gasteiger partial charge < -0.3 is 4.74 Å². The molecule has 1 aliphatic heterocycles. The van der Waals surface area contributed by atoms with Crippen molar-refractivity contribution in [2.24, 2.45) is 0 Å². The SMILES string of the molecule is O=C(CCSc1ccc(Cl)cc1)N(CCCN1CCOCC1)c1nc2ccc(Br)cc2s1. The van der Waals surface area contributed by atoms with E-state index in [2.05, 4.69) is 26.9 Å². The van der Waals surface area contributed by atoms with Crippen molar-refractivity contribution in [3.05, 3.63) is 52.0 Å². The Labute approximate surface area is 210 Å². The number of hydrogen-bond acceptors (Lipinski definition) is 6. The number of anilines is 1. The molecule has 1 aromatic heterocycles. The zero-order chi connectivity index (χ0) is 22.3. The van der Waals surface area contributed by atoms with Gasteiger partial charge in [-0.15, -0.1) is 11.8 Å². The van der Waals surface area contributed by atoms with Gasteiger partial charge in [-0.25, -0.2) is 4.98 Å². The van der Waals surface area contributed by atoms with Crippen LogP contribution in [0.25, 0.3) is 10.2 Å². The number of halogens is 2. The average Bonchev–Trinajstić information content (AvgIpc) is 3.21. The largest absolute Gasteiger partial charge is 0.379 e. The van der Waals surface area contributed by atoms with Crippen molar-refractivity contribution in [2.45, 2.75) is 17.7 Å². The number of carbonyl (C=O) groups excluding carboxylic acids is 1. The van der Waals surface area contributed by atoms with Gasteiger partial charge in [-0.1, -0.05) is 38.9 Å². The molecule has 0 bridgehead atoms. The van der Waals surface area contributed by atoms with Crippen molar-refractivity contribution in [1.29, 1.82) is 0 Å². The van der Waals surface area contributed by atoms with Crippen molar-refractivity contribution in [3.8, 4) is 0 Å². The van der Waals surface area contributed by atoms with Crippen molar-refractivity contribution in [2.75, 3.05) is 50.0 Å². The first-order chi connectivity index (χ1) is 15.6. The van der Waals surface area contributed by atoms with Crippen LogP contribution in [0.3, 0.4) is 0 Å². The van der Waals surface area contributed by atoms with E-state index >= 15 is 0 Å². The third-order valence-corrected chi connectivity index (χ3v) is 8.03. The molecule has 4 rings (SSSR count). The van der Waals surface area contributed by atoms with E-state index in [4.69, 9.17) is 21.3 Å². The van der Waals surface area contributed by atoms with Crippen LogP contribution in [-0.2, 0) is 9.53 Å². The summed E-state index contributed by atoms with van der Waals surface area (Å²) in [7, 11) is 0. The van der Waals surface area contributed by atoms with Crippen molar-refractivity contribution >= 4 is 71.9 Å². The van der Waals surface area contributed by atoms with E-state index in [1.807, 2.05) is 41.3 Å². The van der Waals surface area contributed by atoms with Crippen LogP contribution < -0.4 is 4.90 Å². The number of nitrogens with zero attached hydrogens (tertiary/aromatic N) is 3. The fraction of sp³-hybridized carbons (Fsp3) is 0.391. The number of thioether (sulfide) groups is 1. The third-order valence-electron chi connectivity index (χ3n) is 5.23. The molecule has 2 aromatic carbocycles. The maximum absolute atomic E-state index is 13.2. The van der Waals surface area contributed by atoms with E-state index in [0.29, 0.717) is 13.0 Å². The van der Waals surface area contributed by atoms with Crippen LogP contribution in [0.4, 0.5) is 5.13 Å².